The number of hydrogen-bond donors (Lipinski definition) is 0. The van der Waals surface area contributed by atoms with Crippen molar-refractivity contribution in [3.63, 3.8) is 0 Å². The number of aromatic nitrogens is 5. The van der Waals surface area contributed by atoms with Crippen molar-refractivity contribution >= 4 is 5.91 Å². The summed E-state index contributed by atoms with van der Waals surface area (Å²) < 4.78 is 12.4. The number of carbonyl (C=O) groups excluding carboxylic acids is 1. The second kappa shape index (κ2) is 9.86. The van der Waals surface area contributed by atoms with Crippen molar-refractivity contribution in [3.05, 3.63) is 66.4 Å². The topological polar surface area (TPSA) is 99.2 Å². The summed E-state index contributed by atoms with van der Waals surface area (Å²) in [7, 11) is 1.65. The summed E-state index contributed by atoms with van der Waals surface area (Å²) in [6.07, 6.45) is 4.86. The van der Waals surface area contributed by atoms with Crippen LogP contribution in [-0.4, -0.2) is 56.1 Å². The Morgan fingerprint density at radius 3 is 2.76 bits per heavy atom. The first kappa shape index (κ1) is 21.8. The van der Waals surface area contributed by atoms with Gasteiger partial charge in [-0.25, -0.2) is 4.68 Å². The Morgan fingerprint density at radius 2 is 1.97 bits per heavy atom. The number of rotatable bonds is 7. The highest BCUT2D eigenvalue weighted by Crippen LogP contribution is 2.25. The van der Waals surface area contributed by atoms with Crippen LogP contribution in [0.2, 0.25) is 0 Å². The van der Waals surface area contributed by atoms with E-state index in [0.717, 1.165) is 36.3 Å². The predicted octanol–water partition coefficient (Wildman–Crippen LogP) is 3.80. The minimum absolute atomic E-state index is 0.0662. The molecule has 0 spiro atoms. The van der Waals surface area contributed by atoms with Crippen LogP contribution in [0, 0.1) is 0 Å². The minimum atomic E-state index is 0.0662. The van der Waals surface area contributed by atoms with Gasteiger partial charge in [-0.05, 0) is 37.0 Å². The quantitative estimate of drug-likeness (QED) is 0.415. The van der Waals surface area contributed by atoms with Gasteiger partial charge in [-0.15, -0.1) is 5.10 Å². The number of piperidine rings is 1. The molecule has 174 valence electrons. The summed E-state index contributed by atoms with van der Waals surface area (Å²) in [6.45, 7) is 1.38. The Labute approximate surface area is 197 Å². The Balaban J connectivity index is 1.20. The summed E-state index contributed by atoms with van der Waals surface area (Å²) in [6, 6.07) is 17.6. The van der Waals surface area contributed by atoms with Crippen LogP contribution >= 0.6 is 0 Å². The van der Waals surface area contributed by atoms with Gasteiger partial charge in [0.25, 0.3) is 5.89 Å². The molecule has 34 heavy (non-hydrogen) atoms. The molecule has 1 amide bonds. The van der Waals surface area contributed by atoms with Gasteiger partial charge in [0.2, 0.25) is 11.7 Å². The highest BCUT2D eigenvalue weighted by atomic mass is 16.5. The number of likely N-dealkylation sites (tertiary alicyclic amines) is 1. The predicted molar refractivity (Wildman–Crippen MR) is 125 cm³/mol. The summed E-state index contributed by atoms with van der Waals surface area (Å²) in [5.41, 5.74) is 2.52. The lowest BCUT2D eigenvalue weighted by Gasteiger charge is -2.32. The van der Waals surface area contributed by atoms with Crippen molar-refractivity contribution < 1.29 is 14.1 Å². The van der Waals surface area contributed by atoms with E-state index in [-0.39, 0.29) is 11.9 Å². The fourth-order valence-electron chi connectivity index (χ4n) is 4.18. The number of amides is 1. The molecule has 1 fully saturated rings. The van der Waals surface area contributed by atoms with Crippen molar-refractivity contribution in [3.8, 4) is 28.7 Å². The Bertz CT molecular complexity index is 1240. The summed E-state index contributed by atoms with van der Waals surface area (Å²) in [5, 5.41) is 12.6. The highest BCUT2D eigenvalue weighted by Gasteiger charge is 2.26. The first-order valence-corrected chi connectivity index (χ1v) is 11.4. The van der Waals surface area contributed by atoms with Gasteiger partial charge in [-0.3, -0.25) is 4.79 Å². The second-order valence-corrected chi connectivity index (χ2v) is 8.36. The lowest BCUT2D eigenvalue weighted by Crippen LogP contribution is -2.41. The van der Waals surface area contributed by atoms with Crippen molar-refractivity contribution in [2.24, 2.45) is 0 Å². The van der Waals surface area contributed by atoms with Crippen LogP contribution in [-0.2, 0) is 11.2 Å². The largest absolute Gasteiger partial charge is 0.497 e. The molecule has 1 saturated heterocycles. The fourth-order valence-corrected chi connectivity index (χ4v) is 4.18. The maximum atomic E-state index is 12.9. The molecule has 3 heterocycles. The third-order valence-corrected chi connectivity index (χ3v) is 6.10. The van der Waals surface area contributed by atoms with Crippen LogP contribution < -0.4 is 4.74 Å². The van der Waals surface area contributed by atoms with Crippen LogP contribution in [0.3, 0.4) is 0 Å². The van der Waals surface area contributed by atoms with Crippen LogP contribution in [0.15, 0.2) is 65.3 Å². The minimum Gasteiger partial charge on any atom is -0.497 e. The van der Waals surface area contributed by atoms with Gasteiger partial charge in [0.1, 0.15) is 5.75 Å². The molecule has 0 bridgehead atoms. The van der Waals surface area contributed by atoms with Crippen LogP contribution in [0.4, 0.5) is 0 Å². The Morgan fingerprint density at radius 1 is 1.15 bits per heavy atom. The smallest absolute Gasteiger partial charge is 0.280 e. The molecule has 4 aromatic rings. The average Bonchev–Trinajstić information content (AvgIpc) is 3.58. The molecule has 1 aliphatic rings. The molecule has 1 aliphatic heterocycles. The lowest BCUT2D eigenvalue weighted by molar-refractivity contribution is -0.132. The van der Waals surface area contributed by atoms with Gasteiger partial charge < -0.3 is 14.2 Å². The summed E-state index contributed by atoms with van der Waals surface area (Å²) in [5.74, 6) is 1.81. The van der Waals surface area contributed by atoms with Crippen LogP contribution in [0.5, 0.6) is 5.75 Å². The maximum absolute atomic E-state index is 12.9. The van der Waals surface area contributed by atoms with Gasteiger partial charge >= 0.3 is 0 Å². The number of methoxy groups -OCH3 is 1. The molecule has 2 aromatic carbocycles. The second-order valence-electron chi connectivity index (χ2n) is 8.36. The molecule has 0 saturated carbocycles. The van der Waals surface area contributed by atoms with E-state index in [1.54, 1.807) is 7.11 Å². The standard InChI is InChI=1S/C25H26N6O3/c1-33-21-12-9-18(10-13-21)11-14-23(32)30-15-5-8-20(16-30)31-17-22(27-29-31)25-26-24(28-34-25)19-6-3-2-4-7-19/h2-4,6-7,9-10,12-13,17,20H,5,8,11,14-16H2,1H3. The molecule has 9 nitrogen and oxygen atoms in total. The van der Waals surface area contributed by atoms with E-state index in [2.05, 4.69) is 20.5 Å². The van der Waals surface area contributed by atoms with E-state index in [1.807, 2.05) is 70.4 Å². The molecule has 0 N–H and O–H groups in total. The molecule has 5 rings (SSSR count). The number of ether oxygens (including phenoxy) is 1. The Kier molecular flexibility index (Phi) is 6.33. The molecule has 1 atom stereocenters. The van der Waals surface area contributed by atoms with Gasteiger partial charge in [-0.2, -0.15) is 4.98 Å². The van der Waals surface area contributed by atoms with Crippen molar-refractivity contribution in [2.45, 2.75) is 31.7 Å². The maximum Gasteiger partial charge on any atom is 0.280 e. The van der Waals surface area contributed by atoms with Crippen LogP contribution in [0.1, 0.15) is 30.9 Å². The van der Waals surface area contributed by atoms with Gasteiger partial charge in [0.15, 0.2) is 5.69 Å². The van der Waals surface area contributed by atoms with Gasteiger partial charge in [0.05, 0.1) is 19.3 Å². The third kappa shape index (κ3) is 4.83. The molecule has 0 aliphatic carbocycles. The molecular weight excluding hydrogens is 432 g/mol. The monoisotopic (exact) mass is 458 g/mol. The molecule has 2 aromatic heterocycles. The normalized spacial score (nSPS) is 15.9. The molecule has 0 radical (unpaired) electrons. The van der Waals surface area contributed by atoms with E-state index in [4.69, 9.17) is 9.26 Å². The Hall–Kier alpha value is -4.01. The highest BCUT2D eigenvalue weighted by molar-refractivity contribution is 5.76. The zero-order chi connectivity index (χ0) is 23.3. The van der Waals surface area contributed by atoms with Crippen LogP contribution in [0.25, 0.3) is 23.0 Å². The number of carbonyl (C=O) groups is 1. The van der Waals surface area contributed by atoms with E-state index in [1.165, 1.54) is 0 Å². The summed E-state index contributed by atoms with van der Waals surface area (Å²) in [4.78, 5) is 19.2. The number of benzene rings is 2. The molecule has 9 heteroatoms. The zero-order valence-corrected chi connectivity index (χ0v) is 19.0. The third-order valence-electron chi connectivity index (χ3n) is 6.10. The van der Waals surface area contributed by atoms with Crippen molar-refractivity contribution in [1.82, 2.24) is 30.0 Å². The van der Waals surface area contributed by atoms with E-state index in [0.29, 0.717) is 36.8 Å². The first-order chi connectivity index (χ1) is 16.7. The first-order valence-electron chi connectivity index (χ1n) is 11.4. The average molecular weight is 459 g/mol. The number of aryl methyl sites for hydroxylation is 1. The number of nitrogens with zero attached hydrogens (tertiary/aromatic N) is 6. The van der Waals surface area contributed by atoms with Crippen molar-refractivity contribution in [1.29, 1.82) is 0 Å². The van der Waals surface area contributed by atoms with E-state index >= 15 is 0 Å². The molecular formula is C25H26N6O3. The lowest BCUT2D eigenvalue weighted by atomic mass is 10.0. The zero-order valence-electron chi connectivity index (χ0n) is 19.0. The van der Waals surface area contributed by atoms with E-state index in [9.17, 15) is 4.79 Å². The van der Waals surface area contributed by atoms with Gasteiger partial charge in [0, 0.05) is 25.1 Å². The van der Waals surface area contributed by atoms with E-state index < -0.39 is 0 Å². The molecule has 1 unspecified atom stereocenters. The SMILES string of the molecule is COc1ccc(CCC(=O)N2CCCC(n3cc(-c4nc(-c5ccccc5)no4)nn3)C2)cc1. The fraction of sp³-hybridized carbons (Fsp3) is 0.320. The van der Waals surface area contributed by atoms with Gasteiger partial charge in [-0.1, -0.05) is 52.8 Å². The van der Waals surface area contributed by atoms with Crippen molar-refractivity contribution in [2.75, 3.05) is 20.2 Å². The number of hydrogen-bond acceptors (Lipinski definition) is 7. The summed E-state index contributed by atoms with van der Waals surface area (Å²) >= 11 is 0.